The minimum Gasteiger partial charge on any atom is -0.506 e. The smallest absolute Gasteiger partial charge is 0.345 e. The van der Waals surface area contributed by atoms with Gasteiger partial charge in [-0.25, -0.2) is 9.78 Å². The molecular weight excluding hydrogens is 456 g/mol. The number of hydrogen-bond acceptors (Lipinski definition) is 8. The van der Waals surface area contributed by atoms with Crippen molar-refractivity contribution in [2.24, 2.45) is 5.92 Å². The summed E-state index contributed by atoms with van der Waals surface area (Å²) < 4.78 is 22.9. The van der Waals surface area contributed by atoms with Gasteiger partial charge in [0.1, 0.15) is 17.2 Å². The maximum atomic E-state index is 12.7. The maximum Gasteiger partial charge on any atom is 0.345 e. The Bertz CT molecular complexity index is 1140. The lowest BCUT2D eigenvalue weighted by Gasteiger charge is -2.25. The number of pyridine rings is 2. The average molecular weight is 489 g/mol. The number of carboxylic acids is 1. The van der Waals surface area contributed by atoms with Gasteiger partial charge in [0, 0.05) is 56.8 Å². The Hall–Kier alpha value is -3.11. The maximum absolute atomic E-state index is 12.7. The summed E-state index contributed by atoms with van der Waals surface area (Å²) in [5.41, 5.74) is 0.125. The number of fused-ring (bicyclic) bond motifs is 3. The molecule has 4 heterocycles. The Morgan fingerprint density at radius 2 is 2.03 bits per heavy atom. The van der Waals surface area contributed by atoms with Crippen molar-refractivity contribution in [3.8, 4) is 28.6 Å². The number of nitrogens with zero attached hydrogens (tertiary/aromatic N) is 1. The summed E-state index contributed by atoms with van der Waals surface area (Å²) in [6, 6.07) is 1.78. The van der Waals surface area contributed by atoms with E-state index in [0.29, 0.717) is 55.6 Å². The van der Waals surface area contributed by atoms with Gasteiger partial charge < -0.3 is 34.1 Å². The molecule has 0 bridgehead atoms. The number of hydrogen-bond donors (Lipinski definition) is 3. The van der Waals surface area contributed by atoms with Gasteiger partial charge in [-0.15, -0.1) is 0 Å². The molecule has 1 atom stereocenters. The first kappa shape index (κ1) is 25.0. The molecule has 35 heavy (non-hydrogen) atoms. The first-order chi connectivity index (χ1) is 16.8. The molecular formula is C25H32N2O8. The fraction of sp³-hybridized carbons (Fsp3) is 0.560. The summed E-state index contributed by atoms with van der Waals surface area (Å²) in [6.45, 7) is 6.29. The third-order valence-electron chi connectivity index (χ3n) is 6.61. The van der Waals surface area contributed by atoms with Gasteiger partial charge in [0.2, 0.25) is 0 Å². The second kappa shape index (κ2) is 10.7. The number of H-pyrrole nitrogens is 1. The Balaban J connectivity index is 1.90. The van der Waals surface area contributed by atoms with Crippen molar-refractivity contribution < 1.29 is 34.0 Å². The summed E-state index contributed by atoms with van der Waals surface area (Å²) >= 11 is 0. The third kappa shape index (κ3) is 4.99. The van der Waals surface area contributed by atoms with E-state index < -0.39 is 22.8 Å². The number of carbonyl (C=O) groups is 1. The molecule has 190 valence electrons. The lowest BCUT2D eigenvalue weighted by atomic mass is 9.86. The first-order valence-electron chi connectivity index (χ1n) is 11.9. The van der Waals surface area contributed by atoms with Gasteiger partial charge in [0.25, 0.3) is 5.56 Å². The molecule has 10 heteroatoms. The molecule has 1 saturated heterocycles. The highest BCUT2D eigenvalue weighted by Gasteiger charge is 2.35. The second-order valence-electron chi connectivity index (χ2n) is 9.23. The summed E-state index contributed by atoms with van der Waals surface area (Å²) in [5.74, 6) is -1.32. The van der Waals surface area contributed by atoms with E-state index in [-0.39, 0.29) is 30.1 Å². The van der Waals surface area contributed by atoms with Crippen LogP contribution in [0.2, 0.25) is 0 Å². The number of aromatic nitrogens is 2. The van der Waals surface area contributed by atoms with Crippen molar-refractivity contribution in [1.82, 2.24) is 9.97 Å². The van der Waals surface area contributed by atoms with Crippen molar-refractivity contribution >= 4 is 5.97 Å². The molecule has 0 aliphatic carbocycles. The zero-order valence-electron chi connectivity index (χ0n) is 20.3. The van der Waals surface area contributed by atoms with E-state index in [1.54, 1.807) is 13.2 Å². The summed E-state index contributed by atoms with van der Waals surface area (Å²) in [5, 5.41) is 20.5. The van der Waals surface area contributed by atoms with E-state index in [1.165, 1.54) is 0 Å². The van der Waals surface area contributed by atoms with E-state index >= 15 is 0 Å². The van der Waals surface area contributed by atoms with E-state index in [4.69, 9.17) is 23.9 Å². The molecule has 0 aromatic carbocycles. The van der Waals surface area contributed by atoms with Crippen LogP contribution in [-0.4, -0.2) is 66.3 Å². The zero-order chi connectivity index (χ0) is 25.1. The molecule has 4 rings (SSSR count). The Labute approximate surface area is 203 Å². The van der Waals surface area contributed by atoms with E-state index in [9.17, 15) is 19.8 Å². The number of nitrogens with one attached hydrogen (secondary N) is 1. The Kier molecular flexibility index (Phi) is 7.61. The quantitative estimate of drug-likeness (QED) is 0.477. The van der Waals surface area contributed by atoms with Crippen LogP contribution in [0.4, 0.5) is 0 Å². The van der Waals surface area contributed by atoms with Crippen LogP contribution in [0.25, 0.3) is 11.4 Å². The molecule has 0 spiro atoms. The molecule has 0 saturated carbocycles. The van der Waals surface area contributed by atoms with Gasteiger partial charge in [-0.3, -0.25) is 4.79 Å². The minimum absolute atomic E-state index is 0.0127. The lowest BCUT2D eigenvalue weighted by molar-refractivity contribution is 0.0691. The van der Waals surface area contributed by atoms with E-state index in [2.05, 4.69) is 4.98 Å². The average Bonchev–Trinajstić information content (AvgIpc) is 2.98. The Morgan fingerprint density at radius 1 is 1.29 bits per heavy atom. The molecule has 2 aromatic heterocycles. The summed E-state index contributed by atoms with van der Waals surface area (Å²) in [7, 11) is 1.64. The number of aromatic amines is 1. The largest absolute Gasteiger partial charge is 0.506 e. The van der Waals surface area contributed by atoms with Crippen molar-refractivity contribution in [2.45, 2.75) is 44.9 Å². The zero-order valence-corrected chi connectivity index (χ0v) is 20.3. The van der Waals surface area contributed by atoms with Crippen LogP contribution in [0.15, 0.2) is 10.9 Å². The molecule has 3 N–H and O–H groups in total. The first-order valence-corrected chi connectivity index (χ1v) is 11.9. The molecule has 2 aliphatic rings. The van der Waals surface area contributed by atoms with Gasteiger partial charge in [-0.1, -0.05) is 13.8 Å². The molecule has 10 nitrogen and oxygen atoms in total. The summed E-state index contributed by atoms with van der Waals surface area (Å²) in [4.78, 5) is 32.0. The third-order valence-corrected chi connectivity index (χ3v) is 6.61. The predicted octanol–water partition coefficient (Wildman–Crippen LogP) is 3.28. The topological polar surface area (TPSA) is 140 Å². The van der Waals surface area contributed by atoms with Crippen LogP contribution in [-0.2, 0) is 9.47 Å². The Morgan fingerprint density at radius 3 is 2.69 bits per heavy atom. The fourth-order valence-electron chi connectivity index (χ4n) is 4.68. The van der Waals surface area contributed by atoms with Gasteiger partial charge in [0.05, 0.1) is 24.6 Å². The van der Waals surface area contributed by atoms with Crippen LogP contribution in [0, 0.1) is 5.92 Å². The molecule has 0 radical (unpaired) electrons. The highest BCUT2D eigenvalue weighted by atomic mass is 16.5. The normalized spacial score (nSPS) is 17.9. The van der Waals surface area contributed by atoms with Crippen LogP contribution in [0.3, 0.4) is 0 Å². The minimum atomic E-state index is -1.49. The molecule has 2 aliphatic heterocycles. The predicted molar refractivity (Wildman–Crippen MR) is 127 cm³/mol. The second-order valence-corrected chi connectivity index (χ2v) is 9.23. The molecule has 0 amide bonds. The van der Waals surface area contributed by atoms with Gasteiger partial charge in [-0.05, 0) is 18.8 Å². The van der Waals surface area contributed by atoms with Crippen molar-refractivity contribution in [1.29, 1.82) is 0 Å². The highest BCUT2D eigenvalue weighted by Crippen LogP contribution is 2.46. The van der Waals surface area contributed by atoms with Gasteiger partial charge in [-0.2, -0.15) is 0 Å². The standard InChI is InChI=1S/C25H32N2O8/c1-13(2)15-12-35-17-11-16(34-8-4-7-32-3)20(14-5-9-33-10-6-14)26-21(17)22-18(15)23(28)19(25(30)31)24(29)27-22/h11,13-15H,4-10,12H2,1-3H3,(H,30,31)(H2,27,28,29). The number of carboxylic acid groups (broad SMARTS) is 1. The van der Waals surface area contributed by atoms with Gasteiger partial charge in [0.15, 0.2) is 11.3 Å². The fourth-order valence-corrected chi connectivity index (χ4v) is 4.68. The van der Waals surface area contributed by atoms with Crippen LogP contribution in [0.5, 0.6) is 17.2 Å². The number of aromatic carboxylic acids is 1. The van der Waals surface area contributed by atoms with E-state index in [1.807, 2.05) is 13.8 Å². The SMILES string of the molecule is COCCCOc1cc2c(nc1C1CCOCC1)-c1[nH]c(=O)c(C(=O)O)c(O)c1C(C(C)C)CO2. The van der Waals surface area contributed by atoms with Crippen molar-refractivity contribution in [3.05, 3.63) is 33.2 Å². The van der Waals surface area contributed by atoms with Gasteiger partial charge >= 0.3 is 5.97 Å². The summed E-state index contributed by atoms with van der Waals surface area (Å²) in [6.07, 6.45) is 2.24. The lowest BCUT2D eigenvalue weighted by Crippen LogP contribution is -2.23. The van der Waals surface area contributed by atoms with Crippen LogP contribution >= 0.6 is 0 Å². The molecule has 1 fully saturated rings. The number of rotatable bonds is 8. The van der Waals surface area contributed by atoms with Crippen molar-refractivity contribution in [2.75, 3.05) is 40.1 Å². The number of ether oxygens (including phenoxy) is 4. The monoisotopic (exact) mass is 488 g/mol. The highest BCUT2D eigenvalue weighted by molar-refractivity contribution is 5.92. The number of methoxy groups -OCH3 is 1. The van der Waals surface area contributed by atoms with Crippen LogP contribution < -0.4 is 15.0 Å². The van der Waals surface area contributed by atoms with Crippen LogP contribution in [0.1, 0.15) is 66.6 Å². The molecule has 1 unspecified atom stereocenters. The molecule has 2 aromatic rings. The van der Waals surface area contributed by atoms with E-state index in [0.717, 1.165) is 18.5 Å². The number of aromatic hydroxyl groups is 1. The van der Waals surface area contributed by atoms with Crippen molar-refractivity contribution in [3.63, 3.8) is 0 Å².